The molecule has 1 aliphatic rings. The molecule has 0 bridgehead atoms. The van der Waals surface area contributed by atoms with E-state index in [2.05, 4.69) is 10.3 Å². The fraction of sp³-hybridized carbons (Fsp3) is 0.667. The van der Waals surface area contributed by atoms with Gasteiger partial charge in [0, 0.05) is 17.8 Å². The van der Waals surface area contributed by atoms with Gasteiger partial charge >= 0.3 is 0 Å². The average Bonchev–Trinajstić information content (AvgIpc) is 2.78. The second-order valence-electron chi connectivity index (χ2n) is 3.71. The molecule has 0 amide bonds. The third-order valence-electron chi connectivity index (χ3n) is 2.81. The van der Waals surface area contributed by atoms with Crippen LogP contribution < -0.4 is 5.32 Å². The van der Waals surface area contributed by atoms with Crippen molar-refractivity contribution < 1.29 is 5.11 Å². The van der Waals surface area contributed by atoms with Crippen LogP contribution in [0.4, 0.5) is 0 Å². The lowest BCUT2D eigenvalue weighted by Gasteiger charge is -2.27. The van der Waals surface area contributed by atoms with E-state index in [4.69, 9.17) is 0 Å². The maximum absolute atomic E-state index is 10.3. The molecule has 4 heteroatoms. The van der Waals surface area contributed by atoms with Crippen molar-refractivity contribution in [3.63, 3.8) is 0 Å². The molecule has 0 aromatic carbocycles. The maximum atomic E-state index is 10.3. The van der Waals surface area contributed by atoms with Crippen LogP contribution in [-0.2, 0) is 5.60 Å². The molecule has 2 atom stereocenters. The van der Waals surface area contributed by atoms with E-state index in [1.165, 1.54) is 11.3 Å². The number of nitrogens with one attached hydrogen (secondary N) is 1. The van der Waals surface area contributed by atoms with Crippen molar-refractivity contribution in [2.45, 2.75) is 18.9 Å². The fourth-order valence-electron chi connectivity index (χ4n) is 1.81. The minimum atomic E-state index is -0.760. The van der Waals surface area contributed by atoms with Gasteiger partial charge < -0.3 is 10.4 Å². The summed E-state index contributed by atoms with van der Waals surface area (Å²) in [5.41, 5.74) is 1.82. The highest BCUT2D eigenvalue weighted by Gasteiger charge is 2.36. The van der Waals surface area contributed by atoms with E-state index in [-0.39, 0.29) is 0 Å². The summed E-state index contributed by atoms with van der Waals surface area (Å²) in [6.45, 7) is 3.76. The van der Waals surface area contributed by atoms with Gasteiger partial charge in [0.15, 0.2) is 0 Å². The van der Waals surface area contributed by atoms with Gasteiger partial charge in [0.2, 0.25) is 0 Å². The second-order valence-corrected chi connectivity index (χ2v) is 4.43. The topological polar surface area (TPSA) is 45.2 Å². The van der Waals surface area contributed by atoms with Crippen molar-refractivity contribution in [1.82, 2.24) is 10.3 Å². The first-order valence-corrected chi connectivity index (χ1v) is 5.47. The van der Waals surface area contributed by atoms with Crippen LogP contribution >= 0.6 is 11.3 Å². The SMILES string of the molecule is CC(O)(c1cscn1)C1CCNC1. The number of aliphatic hydroxyl groups is 1. The number of hydrogen-bond donors (Lipinski definition) is 2. The van der Waals surface area contributed by atoms with E-state index in [1.54, 1.807) is 5.51 Å². The van der Waals surface area contributed by atoms with Gasteiger partial charge in [-0.25, -0.2) is 4.98 Å². The van der Waals surface area contributed by atoms with Gasteiger partial charge in [0.05, 0.1) is 11.2 Å². The lowest BCUT2D eigenvalue weighted by atomic mass is 9.86. The number of nitrogens with zero attached hydrogens (tertiary/aromatic N) is 1. The summed E-state index contributed by atoms with van der Waals surface area (Å²) < 4.78 is 0. The molecule has 1 aromatic heterocycles. The number of aromatic nitrogens is 1. The largest absolute Gasteiger partial charge is 0.383 e. The van der Waals surface area contributed by atoms with Gasteiger partial charge in [-0.1, -0.05) is 0 Å². The molecule has 72 valence electrons. The normalized spacial score (nSPS) is 27.4. The molecule has 2 rings (SSSR count). The smallest absolute Gasteiger partial charge is 0.109 e. The van der Waals surface area contributed by atoms with E-state index < -0.39 is 5.60 Å². The summed E-state index contributed by atoms with van der Waals surface area (Å²) in [5, 5.41) is 15.5. The summed E-state index contributed by atoms with van der Waals surface area (Å²) in [5.74, 6) is 0.301. The third-order valence-corrected chi connectivity index (χ3v) is 3.39. The Labute approximate surface area is 81.8 Å². The van der Waals surface area contributed by atoms with Crippen LogP contribution in [0.1, 0.15) is 19.0 Å². The number of hydrogen-bond acceptors (Lipinski definition) is 4. The molecule has 0 aliphatic carbocycles. The fourth-order valence-corrected chi connectivity index (χ4v) is 2.47. The summed E-state index contributed by atoms with van der Waals surface area (Å²) >= 11 is 1.53. The Kier molecular flexibility index (Phi) is 2.36. The minimum absolute atomic E-state index is 0.301. The highest BCUT2D eigenvalue weighted by Crippen LogP contribution is 2.32. The second kappa shape index (κ2) is 3.36. The van der Waals surface area contributed by atoms with Crippen molar-refractivity contribution in [2.24, 2.45) is 5.92 Å². The maximum Gasteiger partial charge on any atom is 0.109 e. The Morgan fingerprint density at radius 1 is 1.77 bits per heavy atom. The van der Waals surface area contributed by atoms with Gasteiger partial charge in [-0.15, -0.1) is 11.3 Å². The standard InChI is InChI=1S/C9H14N2OS/c1-9(12,7-2-3-10-4-7)8-5-13-6-11-8/h5-7,10,12H,2-4H2,1H3. The number of rotatable bonds is 2. The molecule has 1 fully saturated rings. The van der Waals surface area contributed by atoms with Crippen LogP contribution in [-0.4, -0.2) is 23.2 Å². The predicted molar refractivity (Wildman–Crippen MR) is 52.7 cm³/mol. The van der Waals surface area contributed by atoms with Crippen molar-refractivity contribution in [2.75, 3.05) is 13.1 Å². The molecule has 0 radical (unpaired) electrons. The monoisotopic (exact) mass is 198 g/mol. The van der Waals surface area contributed by atoms with E-state index in [0.29, 0.717) is 5.92 Å². The first kappa shape index (κ1) is 9.12. The summed E-state index contributed by atoms with van der Waals surface area (Å²) in [7, 11) is 0. The van der Waals surface area contributed by atoms with Crippen molar-refractivity contribution in [3.8, 4) is 0 Å². The van der Waals surface area contributed by atoms with E-state index >= 15 is 0 Å². The Morgan fingerprint density at radius 2 is 2.62 bits per heavy atom. The van der Waals surface area contributed by atoms with Crippen LogP contribution in [0.3, 0.4) is 0 Å². The first-order chi connectivity index (χ1) is 6.21. The summed E-state index contributed by atoms with van der Waals surface area (Å²) in [6.07, 6.45) is 1.03. The van der Waals surface area contributed by atoms with Gasteiger partial charge in [-0.05, 0) is 19.9 Å². The molecule has 13 heavy (non-hydrogen) atoms. The van der Waals surface area contributed by atoms with Crippen LogP contribution in [0.2, 0.25) is 0 Å². The van der Waals surface area contributed by atoms with Crippen molar-refractivity contribution in [3.05, 3.63) is 16.6 Å². The molecule has 2 heterocycles. The highest BCUT2D eigenvalue weighted by molar-refractivity contribution is 7.07. The molecule has 0 saturated carbocycles. The molecule has 0 spiro atoms. The lowest BCUT2D eigenvalue weighted by molar-refractivity contribution is -0.00136. The minimum Gasteiger partial charge on any atom is -0.383 e. The summed E-state index contributed by atoms with van der Waals surface area (Å²) in [6, 6.07) is 0. The Bertz CT molecular complexity index is 265. The molecular formula is C9H14N2OS. The molecular weight excluding hydrogens is 184 g/mol. The van der Waals surface area contributed by atoms with Crippen LogP contribution in [0.25, 0.3) is 0 Å². The van der Waals surface area contributed by atoms with Gasteiger partial charge in [-0.3, -0.25) is 0 Å². The predicted octanol–water partition coefficient (Wildman–Crippen LogP) is 0.960. The Morgan fingerprint density at radius 3 is 3.15 bits per heavy atom. The van der Waals surface area contributed by atoms with Crippen LogP contribution in [0.5, 0.6) is 0 Å². The molecule has 3 nitrogen and oxygen atoms in total. The van der Waals surface area contributed by atoms with Crippen LogP contribution in [0, 0.1) is 5.92 Å². The zero-order valence-electron chi connectivity index (χ0n) is 7.66. The first-order valence-electron chi connectivity index (χ1n) is 4.53. The Balaban J connectivity index is 2.19. The number of thiazole rings is 1. The molecule has 1 aromatic rings. The third kappa shape index (κ3) is 1.61. The zero-order valence-corrected chi connectivity index (χ0v) is 8.47. The molecule has 1 saturated heterocycles. The molecule has 2 N–H and O–H groups in total. The van der Waals surface area contributed by atoms with Crippen LogP contribution in [0.15, 0.2) is 10.9 Å². The summed E-state index contributed by atoms with van der Waals surface area (Å²) in [4.78, 5) is 4.17. The van der Waals surface area contributed by atoms with Gasteiger partial charge in [-0.2, -0.15) is 0 Å². The van der Waals surface area contributed by atoms with E-state index in [0.717, 1.165) is 25.2 Å². The van der Waals surface area contributed by atoms with Gasteiger partial charge in [0.1, 0.15) is 5.60 Å². The van der Waals surface area contributed by atoms with Crippen molar-refractivity contribution in [1.29, 1.82) is 0 Å². The van der Waals surface area contributed by atoms with Crippen molar-refractivity contribution >= 4 is 11.3 Å². The van der Waals surface area contributed by atoms with E-state index in [1.807, 2.05) is 12.3 Å². The quantitative estimate of drug-likeness (QED) is 0.744. The Hall–Kier alpha value is -0.450. The molecule has 2 unspecified atom stereocenters. The molecule has 1 aliphatic heterocycles. The average molecular weight is 198 g/mol. The van der Waals surface area contributed by atoms with E-state index in [9.17, 15) is 5.11 Å². The lowest BCUT2D eigenvalue weighted by Crippen LogP contribution is -2.33. The highest BCUT2D eigenvalue weighted by atomic mass is 32.1. The zero-order chi connectivity index (χ0) is 9.31. The van der Waals surface area contributed by atoms with Gasteiger partial charge in [0.25, 0.3) is 0 Å².